The van der Waals surface area contributed by atoms with E-state index in [2.05, 4.69) is 4.90 Å². The molecule has 0 N–H and O–H groups in total. The maximum Gasteiger partial charge on any atom is 0.271 e. The predicted octanol–water partition coefficient (Wildman–Crippen LogP) is 4.65. The van der Waals surface area contributed by atoms with Crippen LogP contribution >= 0.6 is 23.2 Å². The number of non-ortho nitro benzene ring substituents is 1. The van der Waals surface area contributed by atoms with E-state index in [-0.39, 0.29) is 11.6 Å². The second-order valence-corrected chi connectivity index (χ2v) is 7.71. The van der Waals surface area contributed by atoms with Gasteiger partial charge in [-0.3, -0.25) is 14.9 Å². The Labute approximate surface area is 183 Å². The zero-order valence-electron chi connectivity index (χ0n) is 15.9. The number of carbonyl (C=O) groups excluding carboxylic acids is 1. The van der Waals surface area contributed by atoms with Crippen LogP contribution in [0.3, 0.4) is 0 Å². The molecule has 0 atom stereocenters. The highest BCUT2D eigenvalue weighted by atomic mass is 35.5. The molecule has 1 saturated heterocycles. The predicted molar refractivity (Wildman–Crippen MR) is 117 cm³/mol. The summed E-state index contributed by atoms with van der Waals surface area (Å²) >= 11 is 12.4. The van der Waals surface area contributed by atoms with Crippen molar-refractivity contribution in [1.82, 2.24) is 9.47 Å². The van der Waals surface area contributed by atoms with Gasteiger partial charge in [0.1, 0.15) is 0 Å². The number of hydrogen-bond acceptors (Lipinski definition) is 4. The molecule has 3 aromatic rings. The van der Waals surface area contributed by atoms with Crippen LogP contribution in [0.5, 0.6) is 0 Å². The van der Waals surface area contributed by atoms with Crippen molar-refractivity contribution in [2.45, 2.75) is 0 Å². The Hall–Kier alpha value is -3.03. The van der Waals surface area contributed by atoms with Crippen molar-refractivity contribution in [2.24, 2.45) is 0 Å². The van der Waals surface area contributed by atoms with E-state index in [1.54, 1.807) is 35.2 Å². The first-order valence-electron chi connectivity index (χ1n) is 9.36. The van der Waals surface area contributed by atoms with Crippen molar-refractivity contribution in [3.05, 3.63) is 86.6 Å². The fraction of sp³-hybridized carbons (Fsp3) is 0.190. The van der Waals surface area contributed by atoms with Crippen LogP contribution in [-0.4, -0.2) is 46.5 Å². The van der Waals surface area contributed by atoms with Crippen molar-refractivity contribution < 1.29 is 9.72 Å². The molecule has 0 radical (unpaired) electrons. The van der Waals surface area contributed by atoms with Crippen LogP contribution in [0.1, 0.15) is 10.4 Å². The van der Waals surface area contributed by atoms with Gasteiger partial charge in [-0.05, 0) is 30.3 Å². The zero-order chi connectivity index (χ0) is 21.3. The van der Waals surface area contributed by atoms with E-state index in [4.69, 9.17) is 23.2 Å². The number of rotatable bonds is 4. The molecule has 2 aromatic carbocycles. The van der Waals surface area contributed by atoms with E-state index >= 15 is 0 Å². The van der Waals surface area contributed by atoms with Crippen LogP contribution in [0.25, 0.3) is 5.69 Å². The SMILES string of the molecule is O=C(c1c(Cl)cccc1Cl)N1CCN(c2ccc([N+](=O)[O-])cc2-n2cccc2)CC1. The number of aromatic nitrogens is 1. The van der Waals surface area contributed by atoms with E-state index in [0.29, 0.717) is 41.8 Å². The lowest BCUT2D eigenvalue weighted by molar-refractivity contribution is -0.384. The van der Waals surface area contributed by atoms with Crippen LogP contribution in [-0.2, 0) is 0 Å². The minimum absolute atomic E-state index is 0.0321. The summed E-state index contributed by atoms with van der Waals surface area (Å²) < 4.78 is 1.85. The first-order valence-corrected chi connectivity index (χ1v) is 10.1. The van der Waals surface area contributed by atoms with Gasteiger partial charge in [0.25, 0.3) is 11.6 Å². The molecule has 4 rings (SSSR count). The smallest absolute Gasteiger partial charge is 0.271 e. The van der Waals surface area contributed by atoms with Crippen LogP contribution in [0.2, 0.25) is 10.0 Å². The lowest BCUT2D eigenvalue weighted by Crippen LogP contribution is -2.49. The molecule has 1 aliphatic rings. The van der Waals surface area contributed by atoms with E-state index in [9.17, 15) is 14.9 Å². The van der Waals surface area contributed by atoms with Crippen LogP contribution in [0.15, 0.2) is 60.9 Å². The maximum absolute atomic E-state index is 12.9. The zero-order valence-corrected chi connectivity index (χ0v) is 17.4. The molecular formula is C21H18Cl2N4O3. The molecule has 0 spiro atoms. The Morgan fingerprint density at radius 3 is 2.13 bits per heavy atom. The molecule has 1 fully saturated rings. The summed E-state index contributed by atoms with van der Waals surface area (Å²) in [6.45, 7) is 2.14. The quantitative estimate of drug-likeness (QED) is 0.433. The number of nitro groups is 1. The number of halogens is 2. The number of benzene rings is 2. The standard InChI is InChI=1S/C21H18Cl2N4O3/c22-16-4-3-5-17(23)20(16)21(28)26-12-10-25(11-13-26)18-7-6-15(27(29)30)14-19(18)24-8-1-2-9-24/h1-9,14H,10-13H2. The summed E-state index contributed by atoms with van der Waals surface area (Å²) in [5, 5.41) is 11.9. The van der Waals surface area contributed by atoms with E-state index < -0.39 is 4.92 Å². The molecule has 0 bridgehead atoms. The molecular weight excluding hydrogens is 427 g/mol. The minimum atomic E-state index is -0.402. The number of amides is 1. The summed E-state index contributed by atoms with van der Waals surface area (Å²) in [5.41, 5.74) is 1.95. The Kier molecular flexibility index (Phi) is 5.65. The monoisotopic (exact) mass is 444 g/mol. The Morgan fingerprint density at radius 2 is 1.53 bits per heavy atom. The number of piperazine rings is 1. The third kappa shape index (κ3) is 3.86. The van der Waals surface area contributed by atoms with Crippen molar-refractivity contribution >= 4 is 40.5 Å². The molecule has 154 valence electrons. The van der Waals surface area contributed by atoms with Gasteiger partial charge in [0.2, 0.25) is 0 Å². The summed E-state index contributed by atoms with van der Waals surface area (Å²) in [6, 6.07) is 13.6. The number of anilines is 1. The van der Waals surface area contributed by atoms with Gasteiger partial charge in [-0.15, -0.1) is 0 Å². The van der Waals surface area contributed by atoms with Gasteiger partial charge in [0.05, 0.1) is 31.9 Å². The molecule has 1 aliphatic heterocycles. The number of carbonyl (C=O) groups is 1. The van der Waals surface area contributed by atoms with Crippen molar-refractivity contribution in [3.63, 3.8) is 0 Å². The average Bonchev–Trinajstić information content (AvgIpc) is 3.28. The van der Waals surface area contributed by atoms with E-state index in [1.165, 1.54) is 6.07 Å². The van der Waals surface area contributed by atoms with Crippen LogP contribution in [0, 0.1) is 10.1 Å². The van der Waals surface area contributed by atoms with Crippen molar-refractivity contribution in [2.75, 3.05) is 31.1 Å². The lowest BCUT2D eigenvalue weighted by atomic mass is 10.1. The van der Waals surface area contributed by atoms with Gasteiger partial charge in [0, 0.05) is 50.7 Å². The minimum Gasteiger partial charge on any atom is -0.366 e. The average molecular weight is 445 g/mol. The number of nitrogens with zero attached hydrogens (tertiary/aromatic N) is 4. The van der Waals surface area contributed by atoms with Gasteiger partial charge in [-0.1, -0.05) is 29.3 Å². The largest absolute Gasteiger partial charge is 0.366 e. The molecule has 9 heteroatoms. The second kappa shape index (κ2) is 8.38. The molecule has 1 aromatic heterocycles. The maximum atomic E-state index is 12.9. The second-order valence-electron chi connectivity index (χ2n) is 6.90. The summed E-state index contributed by atoms with van der Waals surface area (Å²) in [6.07, 6.45) is 3.70. The normalized spacial score (nSPS) is 14.1. The topological polar surface area (TPSA) is 71.6 Å². The fourth-order valence-corrected chi connectivity index (χ4v) is 4.16. The van der Waals surface area contributed by atoms with Gasteiger partial charge in [0.15, 0.2) is 0 Å². The number of nitro benzene ring substituents is 1. The highest BCUT2D eigenvalue weighted by Crippen LogP contribution is 2.31. The fourth-order valence-electron chi connectivity index (χ4n) is 3.61. The first-order chi connectivity index (χ1) is 14.5. The molecule has 2 heterocycles. The molecule has 30 heavy (non-hydrogen) atoms. The van der Waals surface area contributed by atoms with Crippen molar-refractivity contribution in [3.8, 4) is 5.69 Å². The molecule has 7 nitrogen and oxygen atoms in total. The highest BCUT2D eigenvalue weighted by molar-refractivity contribution is 6.39. The Bertz CT molecular complexity index is 1070. The summed E-state index contributed by atoms with van der Waals surface area (Å²) in [4.78, 5) is 27.6. The van der Waals surface area contributed by atoms with Crippen LogP contribution in [0.4, 0.5) is 11.4 Å². The molecule has 0 saturated carbocycles. The lowest BCUT2D eigenvalue weighted by Gasteiger charge is -2.37. The van der Waals surface area contributed by atoms with Gasteiger partial charge < -0.3 is 14.4 Å². The molecule has 1 amide bonds. The van der Waals surface area contributed by atoms with Crippen LogP contribution < -0.4 is 4.90 Å². The molecule has 0 aliphatic carbocycles. The van der Waals surface area contributed by atoms with Gasteiger partial charge >= 0.3 is 0 Å². The highest BCUT2D eigenvalue weighted by Gasteiger charge is 2.27. The molecule has 0 unspecified atom stereocenters. The van der Waals surface area contributed by atoms with Crippen molar-refractivity contribution in [1.29, 1.82) is 0 Å². The van der Waals surface area contributed by atoms with E-state index in [1.807, 2.05) is 29.1 Å². The van der Waals surface area contributed by atoms with E-state index in [0.717, 1.165) is 11.4 Å². The van der Waals surface area contributed by atoms with Gasteiger partial charge in [-0.25, -0.2) is 0 Å². The summed E-state index contributed by atoms with van der Waals surface area (Å²) in [7, 11) is 0. The first kappa shape index (κ1) is 20.3. The third-order valence-electron chi connectivity index (χ3n) is 5.14. The third-order valence-corrected chi connectivity index (χ3v) is 5.77. The number of hydrogen-bond donors (Lipinski definition) is 0. The summed E-state index contributed by atoms with van der Waals surface area (Å²) in [5.74, 6) is -0.195. The van der Waals surface area contributed by atoms with Gasteiger partial charge in [-0.2, -0.15) is 0 Å². The Morgan fingerprint density at radius 1 is 0.900 bits per heavy atom. The Balaban J connectivity index is 1.56.